The zero-order chi connectivity index (χ0) is 33.6. The average molecular weight is 660 g/mol. The van der Waals surface area contributed by atoms with Crippen LogP contribution in [0, 0.1) is 0 Å². The van der Waals surface area contributed by atoms with Gasteiger partial charge in [0.1, 0.15) is 0 Å². The van der Waals surface area contributed by atoms with Gasteiger partial charge in [0.25, 0.3) is 0 Å². The highest BCUT2D eigenvalue weighted by Gasteiger charge is 2.15. The van der Waals surface area contributed by atoms with Crippen LogP contribution in [0.1, 0.15) is 213 Å². The molecule has 1 aliphatic rings. The SMILES string of the molecule is CCCCCCCCC=CCCCCCCCCOCC(CCN1CCCC1)OCCCCCCCCC=CCCCCCCCC. The third-order valence-corrected chi connectivity index (χ3v) is 10.1. The number of hydrogen-bond donors (Lipinski definition) is 0. The zero-order valence-electron chi connectivity index (χ0n) is 32.3. The molecule has 0 aromatic carbocycles. The summed E-state index contributed by atoms with van der Waals surface area (Å²) in [6.45, 7) is 10.9. The second-order valence-corrected chi connectivity index (χ2v) is 14.8. The maximum atomic E-state index is 6.39. The highest BCUT2D eigenvalue weighted by molar-refractivity contribution is 4.82. The largest absolute Gasteiger partial charge is 0.379 e. The Hall–Kier alpha value is -0.640. The second kappa shape index (κ2) is 38.2. The van der Waals surface area contributed by atoms with Gasteiger partial charge in [0, 0.05) is 19.8 Å². The highest BCUT2D eigenvalue weighted by Crippen LogP contribution is 2.14. The smallest absolute Gasteiger partial charge is 0.0820 e. The molecule has 1 fully saturated rings. The van der Waals surface area contributed by atoms with Crippen molar-refractivity contribution in [2.24, 2.45) is 0 Å². The lowest BCUT2D eigenvalue weighted by Gasteiger charge is -2.22. The van der Waals surface area contributed by atoms with Crippen molar-refractivity contribution in [2.45, 2.75) is 219 Å². The molecule has 0 N–H and O–H groups in total. The van der Waals surface area contributed by atoms with Crippen molar-refractivity contribution in [3.63, 3.8) is 0 Å². The lowest BCUT2D eigenvalue weighted by molar-refractivity contribution is -0.0255. The molecular formula is C44H85NO2. The molecule has 1 unspecified atom stereocenters. The van der Waals surface area contributed by atoms with E-state index in [1.807, 2.05) is 0 Å². The Labute approximate surface area is 296 Å². The number of hydrogen-bond acceptors (Lipinski definition) is 3. The first kappa shape index (κ1) is 44.4. The molecule has 0 bridgehead atoms. The van der Waals surface area contributed by atoms with Gasteiger partial charge in [-0.1, -0.05) is 154 Å². The first-order chi connectivity index (χ1) is 23.4. The Morgan fingerprint density at radius 1 is 0.468 bits per heavy atom. The van der Waals surface area contributed by atoms with Gasteiger partial charge in [-0.3, -0.25) is 0 Å². The van der Waals surface area contributed by atoms with Crippen LogP contribution in [0.5, 0.6) is 0 Å². The molecule has 3 nitrogen and oxygen atoms in total. The van der Waals surface area contributed by atoms with Crippen LogP contribution in [0.15, 0.2) is 24.3 Å². The van der Waals surface area contributed by atoms with Crippen LogP contribution in [-0.2, 0) is 9.47 Å². The fourth-order valence-corrected chi connectivity index (χ4v) is 6.81. The molecule has 0 spiro atoms. The van der Waals surface area contributed by atoms with Crippen LogP contribution in [0.3, 0.4) is 0 Å². The summed E-state index contributed by atoms with van der Waals surface area (Å²) in [5.74, 6) is 0. The molecule has 1 saturated heterocycles. The molecule has 0 amide bonds. The Morgan fingerprint density at radius 2 is 0.851 bits per heavy atom. The fourth-order valence-electron chi connectivity index (χ4n) is 6.81. The monoisotopic (exact) mass is 660 g/mol. The maximum Gasteiger partial charge on any atom is 0.0820 e. The van der Waals surface area contributed by atoms with Gasteiger partial charge in [0.2, 0.25) is 0 Å². The van der Waals surface area contributed by atoms with E-state index in [0.29, 0.717) is 0 Å². The van der Waals surface area contributed by atoms with Gasteiger partial charge in [-0.15, -0.1) is 0 Å². The summed E-state index contributed by atoms with van der Waals surface area (Å²) in [5, 5.41) is 0. The van der Waals surface area contributed by atoms with Crippen LogP contribution in [-0.4, -0.2) is 50.5 Å². The standard InChI is InChI=1S/C44H85NO2/c1-3-5-7-9-11-13-15-17-19-21-23-25-27-29-31-35-41-46-43-44(37-40-45-38-33-34-39-45)47-42-36-32-30-28-26-24-22-20-18-16-14-12-10-8-6-4-2/h17-20,44H,3-16,21-43H2,1-2H3. The third kappa shape index (κ3) is 33.6. The number of allylic oxidation sites excluding steroid dienone is 4. The lowest BCUT2D eigenvalue weighted by atomic mass is 10.1. The van der Waals surface area contributed by atoms with Crippen LogP contribution >= 0.6 is 0 Å². The lowest BCUT2D eigenvalue weighted by Crippen LogP contribution is -2.28. The van der Waals surface area contributed by atoms with Crippen LogP contribution in [0.2, 0.25) is 0 Å². The molecule has 0 saturated carbocycles. The van der Waals surface area contributed by atoms with Gasteiger partial charge >= 0.3 is 0 Å². The summed E-state index contributed by atoms with van der Waals surface area (Å²) in [4.78, 5) is 2.62. The van der Waals surface area contributed by atoms with Crippen molar-refractivity contribution in [1.82, 2.24) is 4.90 Å². The predicted molar refractivity (Wildman–Crippen MR) is 210 cm³/mol. The second-order valence-electron chi connectivity index (χ2n) is 14.8. The molecule has 0 aromatic heterocycles. The van der Waals surface area contributed by atoms with E-state index in [4.69, 9.17) is 9.47 Å². The Morgan fingerprint density at radius 3 is 1.30 bits per heavy atom. The Balaban J connectivity index is 1.96. The van der Waals surface area contributed by atoms with Crippen molar-refractivity contribution < 1.29 is 9.47 Å². The summed E-state index contributed by atoms with van der Waals surface area (Å²) in [6.07, 6.45) is 51.8. The Bertz CT molecular complexity index is 641. The van der Waals surface area contributed by atoms with Crippen molar-refractivity contribution in [1.29, 1.82) is 0 Å². The van der Waals surface area contributed by atoms with Gasteiger partial charge < -0.3 is 14.4 Å². The molecule has 1 rings (SSSR count). The van der Waals surface area contributed by atoms with Gasteiger partial charge in [-0.05, 0) is 96.6 Å². The normalized spacial score (nSPS) is 14.8. The predicted octanol–water partition coefficient (Wildman–Crippen LogP) is 13.9. The van der Waals surface area contributed by atoms with Gasteiger partial charge in [-0.25, -0.2) is 0 Å². The van der Waals surface area contributed by atoms with E-state index in [-0.39, 0.29) is 6.10 Å². The average Bonchev–Trinajstić information content (AvgIpc) is 3.61. The van der Waals surface area contributed by atoms with E-state index in [1.165, 1.54) is 212 Å². The minimum atomic E-state index is 0.271. The molecule has 47 heavy (non-hydrogen) atoms. The van der Waals surface area contributed by atoms with Gasteiger partial charge in [-0.2, -0.15) is 0 Å². The number of nitrogens with zero attached hydrogens (tertiary/aromatic N) is 1. The molecule has 0 radical (unpaired) electrons. The van der Waals surface area contributed by atoms with Crippen LogP contribution in [0.25, 0.3) is 0 Å². The van der Waals surface area contributed by atoms with Crippen molar-refractivity contribution in [2.75, 3.05) is 39.5 Å². The number of ether oxygens (including phenoxy) is 2. The highest BCUT2D eigenvalue weighted by atomic mass is 16.5. The molecule has 1 aliphatic heterocycles. The van der Waals surface area contributed by atoms with E-state index in [0.717, 1.165) is 26.2 Å². The van der Waals surface area contributed by atoms with E-state index >= 15 is 0 Å². The van der Waals surface area contributed by atoms with E-state index in [2.05, 4.69) is 43.1 Å². The number of likely N-dealkylation sites (tertiary alicyclic amines) is 1. The van der Waals surface area contributed by atoms with E-state index in [1.54, 1.807) is 0 Å². The Kier molecular flexibility index (Phi) is 36.0. The summed E-state index contributed by atoms with van der Waals surface area (Å²) in [5.41, 5.74) is 0. The zero-order valence-corrected chi connectivity index (χ0v) is 32.3. The summed E-state index contributed by atoms with van der Waals surface area (Å²) >= 11 is 0. The molecule has 0 aliphatic carbocycles. The molecular weight excluding hydrogens is 574 g/mol. The molecule has 278 valence electrons. The molecule has 3 heteroatoms. The van der Waals surface area contributed by atoms with Crippen molar-refractivity contribution >= 4 is 0 Å². The minimum absolute atomic E-state index is 0.271. The summed E-state index contributed by atoms with van der Waals surface area (Å²) < 4.78 is 12.5. The van der Waals surface area contributed by atoms with E-state index in [9.17, 15) is 0 Å². The van der Waals surface area contributed by atoms with E-state index < -0.39 is 0 Å². The minimum Gasteiger partial charge on any atom is -0.379 e. The molecule has 1 atom stereocenters. The summed E-state index contributed by atoms with van der Waals surface area (Å²) in [6, 6.07) is 0. The maximum absolute atomic E-state index is 6.39. The van der Waals surface area contributed by atoms with Crippen molar-refractivity contribution in [3.05, 3.63) is 24.3 Å². The molecule has 0 aromatic rings. The third-order valence-electron chi connectivity index (χ3n) is 10.1. The number of unbranched alkanes of at least 4 members (excludes halogenated alkanes) is 24. The quantitative estimate of drug-likeness (QED) is 0.0486. The topological polar surface area (TPSA) is 21.7 Å². The number of rotatable bonds is 38. The summed E-state index contributed by atoms with van der Waals surface area (Å²) in [7, 11) is 0. The van der Waals surface area contributed by atoms with Crippen LogP contribution < -0.4 is 0 Å². The van der Waals surface area contributed by atoms with Crippen molar-refractivity contribution in [3.8, 4) is 0 Å². The van der Waals surface area contributed by atoms with Gasteiger partial charge in [0.05, 0.1) is 12.7 Å². The van der Waals surface area contributed by atoms with Gasteiger partial charge in [0.15, 0.2) is 0 Å². The van der Waals surface area contributed by atoms with Crippen LogP contribution in [0.4, 0.5) is 0 Å². The molecule has 1 heterocycles. The first-order valence-corrected chi connectivity index (χ1v) is 21.6. The fraction of sp³-hybridized carbons (Fsp3) is 0.909. The first-order valence-electron chi connectivity index (χ1n) is 21.6.